The van der Waals surface area contributed by atoms with E-state index < -0.39 is 5.41 Å². The van der Waals surface area contributed by atoms with Crippen LogP contribution in [0.2, 0.25) is 0 Å². The fraction of sp³-hybridized carbons (Fsp3) is 0.769. The lowest BCUT2D eigenvalue weighted by molar-refractivity contribution is -0.141. The van der Waals surface area contributed by atoms with Gasteiger partial charge in [0.2, 0.25) is 0 Å². The Balaban J connectivity index is 4.54. The summed E-state index contributed by atoms with van der Waals surface area (Å²) in [5, 5.41) is 0. The average Bonchev–Trinajstić information content (AvgIpc) is 2.26. The zero-order valence-corrected chi connectivity index (χ0v) is 11.1. The number of ketones is 1. The third-order valence-corrected chi connectivity index (χ3v) is 3.21. The van der Waals surface area contributed by atoms with Crippen LogP contribution in [0.25, 0.3) is 0 Å². The van der Waals surface area contributed by atoms with E-state index in [9.17, 15) is 14.4 Å². The van der Waals surface area contributed by atoms with Crippen molar-refractivity contribution in [2.24, 2.45) is 11.3 Å². The van der Waals surface area contributed by atoms with Gasteiger partial charge in [0.1, 0.15) is 12.1 Å². The molecular weight excluding hydrogens is 220 g/mol. The van der Waals surface area contributed by atoms with Gasteiger partial charge in [0.15, 0.2) is 0 Å². The van der Waals surface area contributed by atoms with Crippen LogP contribution in [0, 0.1) is 11.3 Å². The molecule has 17 heavy (non-hydrogen) atoms. The first-order valence-corrected chi connectivity index (χ1v) is 5.96. The molecule has 0 N–H and O–H groups in total. The smallest absolute Gasteiger partial charge is 0.302 e. The van der Waals surface area contributed by atoms with Crippen molar-refractivity contribution in [3.63, 3.8) is 0 Å². The van der Waals surface area contributed by atoms with Crippen LogP contribution in [0.4, 0.5) is 0 Å². The molecule has 0 saturated heterocycles. The number of carbonyl (C=O) groups excluding carboxylic acids is 3. The van der Waals surface area contributed by atoms with E-state index in [4.69, 9.17) is 4.74 Å². The highest BCUT2D eigenvalue weighted by Gasteiger charge is 2.34. The molecule has 0 bridgehead atoms. The van der Waals surface area contributed by atoms with Crippen molar-refractivity contribution < 1.29 is 19.1 Å². The molecule has 1 atom stereocenters. The summed E-state index contributed by atoms with van der Waals surface area (Å²) in [6.07, 6.45) is 2.14. The third-order valence-electron chi connectivity index (χ3n) is 3.21. The largest absolute Gasteiger partial charge is 0.466 e. The Hall–Kier alpha value is -1.19. The number of hydrogen-bond acceptors (Lipinski definition) is 4. The summed E-state index contributed by atoms with van der Waals surface area (Å²) in [7, 11) is 0. The Labute approximate surface area is 103 Å². The Kier molecular flexibility index (Phi) is 6.69. The molecule has 98 valence electrons. The normalized spacial score (nSPS) is 12.9. The number of ether oxygens (including phenoxy) is 1. The molecule has 4 nitrogen and oxygen atoms in total. The van der Waals surface area contributed by atoms with E-state index in [2.05, 4.69) is 0 Å². The van der Waals surface area contributed by atoms with E-state index >= 15 is 0 Å². The summed E-state index contributed by atoms with van der Waals surface area (Å²) in [6, 6.07) is 0. The first-order chi connectivity index (χ1) is 7.86. The van der Waals surface area contributed by atoms with E-state index in [-0.39, 0.29) is 24.3 Å². The number of Topliss-reactive ketones (excluding diaryl/α,β-unsaturated/α-hetero) is 1. The summed E-state index contributed by atoms with van der Waals surface area (Å²) in [5.74, 6) is -0.284. The number of rotatable bonds is 8. The van der Waals surface area contributed by atoms with Crippen LogP contribution in [0.1, 0.15) is 47.0 Å². The molecule has 0 heterocycles. The lowest BCUT2D eigenvalue weighted by Crippen LogP contribution is -2.34. The number of esters is 1. The highest BCUT2D eigenvalue weighted by atomic mass is 16.5. The fourth-order valence-corrected chi connectivity index (χ4v) is 1.92. The molecule has 0 aliphatic heterocycles. The van der Waals surface area contributed by atoms with Gasteiger partial charge >= 0.3 is 5.97 Å². The lowest BCUT2D eigenvalue weighted by Gasteiger charge is -2.31. The predicted molar refractivity (Wildman–Crippen MR) is 64.5 cm³/mol. The molecule has 0 aromatic rings. The van der Waals surface area contributed by atoms with E-state index in [1.165, 1.54) is 6.92 Å². The molecule has 0 aliphatic rings. The second-order valence-corrected chi connectivity index (χ2v) is 4.73. The maximum Gasteiger partial charge on any atom is 0.302 e. The third kappa shape index (κ3) is 5.11. The Morgan fingerprint density at radius 1 is 1.35 bits per heavy atom. The fourth-order valence-electron chi connectivity index (χ4n) is 1.92. The summed E-state index contributed by atoms with van der Waals surface area (Å²) in [5.41, 5.74) is -0.546. The molecule has 0 aromatic carbocycles. The van der Waals surface area contributed by atoms with Gasteiger partial charge in [0, 0.05) is 25.2 Å². The minimum absolute atomic E-state index is 0.0770. The second-order valence-electron chi connectivity index (χ2n) is 4.73. The van der Waals surface area contributed by atoms with Crippen molar-refractivity contribution in [1.29, 1.82) is 0 Å². The lowest BCUT2D eigenvalue weighted by atomic mass is 9.72. The van der Waals surface area contributed by atoms with Crippen LogP contribution in [0.3, 0.4) is 0 Å². The molecule has 0 amide bonds. The van der Waals surface area contributed by atoms with Crippen LogP contribution < -0.4 is 0 Å². The van der Waals surface area contributed by atoms with Crippen molar-refractivity contribution in [3.8, 4) is 0 Å². The van der Waals surface area contributed by atoms with Crippen LogP contribution >= 0.6 is 0 Å². The number of carbonyl (C=O) groups is 3. The van der Waals surface area contributed by atoms with Crippen molar-refractivity contribution in [1.82, 2.24) is 0 Å². The molecule has 0 aromatic heterocycles. The number of aldehydes is 1. The molecule has 0 radical (unpaired) electrons. The minimum Gasteiger partial charge on any atom is -0.466 e. The standard InChI is InChI=1S/C13H22O4/c1-5-12(16)13(3,4)11(6-8-14)7-9-17-10(2)15/h8,11H,5-7,9H2,1-4H3. The molecule has 0 saturated carbocycles. The van der Waals surface area contributed by atoms with Gasteiger partial charge in [-0.05, 0) is 12.3 Å². The van der Waals surface area contributed by atoms with Crippen LogP contribution in [0.15, 0.2) is 0 Å². The van der Waals surface area contributed by atoms with Gasteiger partial charge in [0.25, 0.3) is 0 Å². The van der Waals surface area contributed by atoms with Gasteiger partial charge in [-0.25, -0.2) is 0 Å². The quantitative estimate of drug-likeness (QED) is 0.483. The van der Waals surface area contributed by atoms with Gasteiger partial charge < -0.3 is 9.53 Å². The Bertz CT molecular complexity index is 281. The number of hydrogen-bond donors (Lipinski definition) is 0. The first kappa shape index (κ1) is 15.8. The van der Waals surface area contributed by atoms with E-state index in [1.54, 1.807) is 0 Å². The molecule has 4 heteroatoms. The van der Waals surface area contributed by atoms with Gasteiger partial charge in [-0.1, -0.05) is 20.8 Å². The van der Waals surface area contributed by atoms with E-state index in [1.807, 2.05) is 20.8 Å². The van der Waals surface area contributed by atoms with Crippen molar-refractivity contribution in [2.45, 2.75) is 47.0 Å². The average molecular weight is 242 g/mol. The van der Waals surface area contributed by atoms with Gasteiger partial charge in [0.05, 0.1) is 6.61 Å². The molecule has 1 unspecified atom stereocenters. The summed E-state index contributed by atoms with van der Waals surface area (Å²) < 4.78 is 4.86. The highest BCUT2D eigenvalue weighted by molar-refractivity contribution is 5.84. The predicted octanol–water partition coefficient (Wildman–Crippen LogP) is 2.15. The van der Waals surface area contributed by atoms with Crippen molar-refractivity contribution in [3.05, 3.63) is 0 Å². The van der Waals surface area contributed by atoms with E-state index in [0.717, 1.165) is 6.29 Å². The molecule has 0 aliphatic carbocycles. The zero-order chi connectivity index (χ0) is 13.5. The van der Waals surface area contributed by atoms with E-state index in [0.29, 0.717) is 19.3 Å². The molecular formula is C13H22O4. The SMILES string of the molecule is CCC(=O)C(C)(C)C(CC=O)CCOC(C)=O. The zero-order valence-electron chi connectivity index (χ0n) is 11.1. The molecule has 0 fully saturated rings. The van der Waals surface area contributed by atoms with Crippen molar-refractivity contribution >= 4 is 18.0 Å². The molecule has 0 rings (SSSR count). The topological polar surface area (TPSA) is 60.4 Å². The summed E-state index contributed by atoms with van der Waals surface area (Å²) in [4.78, 5) is 33.1. The maximum atomic E-state index is 11.8. The first-order valence-electron chi connectivity index (χ1n) is 5.96. The Morgan fingerprint density at radius 2 is 1.94 bits per heavy atom. The van der Waals surface area contributed by atoms with Gasteiger partial charge in [-0.15, -0.1) is 0 Å². The van der Waals surface area contributed by atoms with Gasteiger partial charge in [-0.2, -0.15) is 0 Å². The van der Waals surface area contributed by atoms with Crippen LogP contribution in [-0.4, -0.2) is 24.6 Å². The van der Waals surface area contributed by atoms with Crippen molar-refractivity contribution in [2.75, 3.05) is 6.61 Å². The van der Waals surface area contributed by atoms with Gasteiger partial charge in [-0.3, -0.25) is 9.59 Å². The Morgan fingerprint density at radius 3 is 2.35 bits per heavy atom. The second kappa shape index (κ2) is 7.20. The molecule has 0 spiro atoms. The van der Waals surface area contributed by atoms with Crippen LogP contribution in [-0.2, 0) is 19.1 Å². The summed E-state index contributed by atoms with van der Waals surface area (Å²) >= 11 is 0. The minimum atomic E-state index is -0.546. The highest BCUT2D eigenvalue weighted by Crippen LogP contribution is 2.33. The maximum absolute atomic E-state index is 11.8. The monoisotopic (exact) mass is 242 g/mol. The van der Waals surface area contributed by atoms with Crippen LogP contribution in [0.5, 0.6) is 0 Å². The summed E-state index contributed by atoms with van der Waals surface area (Å²) in [6.45, 7) is 7.11.